The molecule has 1 unspecified atom stereocenters. The molecule has 1 aliphatic heterocycles. The van der Waals surface area contributed by atoms with Gasteiger partial charge in [0.05, 0.1) is 0 Å². The van der Waals surface area contributed by atoms with Crippen LogP contribution in [0.25, 0.3) is 0 Å². The molecule has 1 saturated heterocycles. The molecule has 1 aliphatic carbocycles. The summed E-state index contributed by atoms with van der Waals surface area (Å²) in [5.41, 5.74) is 0. The monoisotopic (exact) mass is 233 g/mol. The van der Waals surface area contributed by atoms with Gasteiger partial charge in [-0.3, -0.25) is 4.90 Å². The van der Waals surface area contributed by atoms with Gasteiger partial charge in [0.1, 0.15) is 0 Å². The molecular weight excluding hydrogens is 214 g/mol. The summed E-state index contributed by atoms with van der Waals surface area (Å²) < 4.78 is 0. The van der Waals surface area contributed by atoms with Crippen LogP contribution in [0.3, 0.4) is 0 Å². The molecule has 2 aliphatic rings. The summed E-state index contributed by atoms with van der Waals surface area (Å²) in [7, 11) is 0. The molecule has 3 heteroatoms. The molecular formula is C11H20ClNS. The summed E-state index contributed by atoms with van der Waals surface area (Å²) in [4.78, 5) is 2.70. The molecule has 0 aromatic rings. The van der Waals surface area contributed by atoms with Crippen LogP contribution in [0, 0.1) is 0 Å². The van der Waals surface area contributed by atoms with Gasteiger partial charge in [0.15, 0.2) is 0 Å². The number of hydrogen-bond acceptors (Lipinski definition) is 2. The van der Waals surface area contributed by atoms with E-state index in [0.717, 1.165) is 11.9 Å². The third-order valence-electron chi connectivity index (χ3n) is 3.49. The van der Waals surface area contributed by atoms with Crippen molar-refractivity contribution in [2.45, 2.75) is 44.2 Å². The van der Waals surface area contributed by atoms with Crippen molar-refractivity contribution < 1.29 is 0 Å². The van der Waals surface area contributed by atoms with Crippen LogP contribution in [-0.2, 0) is 0 Å². The average Bonchev–Trinajstić information content (AvgIpc) is 2.30. The van der Waals surface area contributed by atoms with Crippen LogP contribution >= 0.6 is 23.4 Å². The third kappa shape index (κ3) is 2.59. The van der Waals surface area contributed by atoms with E-state index in [1.165, 1.54) is 50.2 Å². The van der Waals surface area contributed by atoms with E-state index < -0.39 is 0 Å². The van der Waals surface area contributed by atoms with Crippen LogP contribution in [0.15, 0.2) is 0 Å². The SMILES string of the molecule is ClCC1CSCCN1C1CCCCC1. The fraction of sp³-hybridized carbons (Fsp3) is 1.00. The quantitative estimate of drug-likeness (QED) is 0.675. The summed E-state index contributed by atoms with van der Waals surface area (Å²) in [6, 6.07) is 1.51. The second-order valence-corrected chi connectivity index (χ2v) is 5.87. The van der Waals surface area contributed by atoms with Gasteiger partial charge in [-0.05, 0) is 12.8 Å². The molecule has 0 aromatic carbocycles. The van der Waals surface area contributed by atoms with Gasteiger partial charge in [-0.25, -0.2) is 0 Å². The number of alkyl halides is 1. The van der Waals surface area contributed by atoms with Gasteiger partial charge in [0.2, 0.25) is 0 Å². The minimum absolute atomic E-state index is 0.651. The molecule has 14 heavy (non-hydrogen) atoms. The van der Waals surface area contributed by atoms with Gasteiger partial charge >= 0.3 is 0 Å². The zero-order chi connectivity index (χ0) is 9.80. The minimum Gasteiger partial charge on any atom is -0.295 e. The Balaban J connectivity index is 1.91. The van der Waals surface area contributed by atoms with E-state index >= 15 is 0 Å². The van der Waals surface area contributed by atoms with E-state index in [1.54, 1.807) is 0 Å². The smallest absolute Gasteiger partial charge is 0.0387 e. The van der Waals surface area contributed by atoms with Crippen LogP contribution in [0.1, 0.15) is 32.1 Å². The molecule has 0 aromatic heterocycles. The Hall–Kier alpha value is 0.600. The third-order valence-corrected chi connectivity index (χ3v) is 4.94. The lowest BCUT2D eigenvalue weighted by molar-refractivity contribution is 0.129. The van der Waals surface area contributed by atoms with Crippen molar-refractivity contribution in [2.24, 2.45) is 0 Å². The van der Waals surface area contributed by atoms with E-state index in [-0.39, 0.29) is 0 Å². The standard InChI is InChI=1S/C11H20ClNS/c12-8-11-9-14-7-6-13(11)10-4-2-1-3-5-10/h10-11H,1-9H2. The van der Waals surface area contributed by atoms with Crippen LogP contribution < -0.4 is 0 Å². The van der Waals surface area contributed by atoms with Crippen LogP contribution in [0.5, 0.6) is 0 Å². The summed E-state index contributed by atoms with van der Waals surface area (Å²) in [5, 5.41) is 0. The first-order valence-corrected chi connectivity index (χ1v) is 7.50. The topological polar surface area (TPSA) is 3.24 Å². The van der Waals surface area contributed by atoms with E-state index in [1.807, 2.05) is 0 Å². The van der Waals surface area contributed by atoms with Crippen LogP contribution in [0.2, 0.25) is 0 Å². The lowest BCUT2D eigenvalue weighted by Gasteiger charge is -2.41. The van der Waals surface area contributed by atoms with Crippen molar-refractivity contribution in [1.82, 2.24) is 4.90 Å². The fourth-order valence-corrected chi connectivity index (χ4v) is 4.20. The Morgan fingerprint density at radius 1 is 1.21 bits per heavy atom. The summed E-state index contributed by atoms with van der Waals surface area (Å²) in [6.07, 6.45) is 7.15. The van der Waals surface area contributed by atoms with Gasteiger partial charge in [-0.2, -0.15) is 11.8 Å². The minimum atomic E-state index is 0.651. The van der Waals surface area contributed by atoms with Crippen LogP contribution in [0.4, 0.5) is 0 Å². The summed E-state index contributed by atoms with van der Waals surface area (Å²) in [6.45, 7) is 1.27. The Morgan fingerprint density at radius 3 is 2.71 bits per heavy atom. The van der Waals surface area contributed by atoms with Gasteiger partial charge in [-0.15, -0.1) is 11.6 Å². The zero-order valence-corrected chi connectivity index (χ0v) is 10.3. The highest BCUT2D eigenvalue weighted by Gasteiger charge is 2.29. The fourth-order valence-electron chi connectivity index (χ4n) is 2.69. The Labute approximate surface area is 96.6 Å². The molecule has 0 spiro atoms. The number of rotatable bonds is 2. The highest BCUT2D eigenvalue weighted by Crippen LogP contribution is 2.28. The Kier molecular flexibility index (Phi) is 4.45. The number of halogens is 1. The van der Waals surface area contributed by atoms with Crippen molar-refractivity contribution >= 4 is 23.4 Å². The Bertz CT molecular complexity index is 171. The first-order valence-electron chi connectivity index (χ1n) is 5.81. The molecule has 0 bridgehead atoms. The maximum Gasteiger partial charge on any atom is 0.0387 e. The molecule has 1 atom stereocenters. The van der Waals surface area contributed by atoms with Crippen molar-refractivity contribution in [3.63, 3.8) is 0 Å². The molecule has 0 N–H and O–H groups in total. The first-order chi connectivity index (χ1) is 6.92. The predicted octanol–water partition coefficient (Wildman–Crippen LogP) is 2.98. The normalized spacial score (nSPS) is 31.9. The van der Waals surface area contributed by atoms with Gasteiger partial charge in [0, 0.05) is 36.0 Å². The highest BCUT2D eigenvalue weighted by atomic mass is 35.5. The molecule has 82 valence electrons. The van der Waals surface area contributed by atoms with Gasteiger partial charge < -0.3 is 0 Å². The highest BCUT2D eigenvalue weighted by molar-refractivity contribution is 7.99. The van der Waals surface area contributed by atoms with Crippen molar-refractivity contribution in [3.05, 3.63) is 0 Å². The molecule has 2 fully saturated rings. The molecule has 2 rings (SSSR count). The molecule has 0 radical (unpaired) electrons. The van der Waals surface area contributed by atoms with Crippen molar-refractivity contribution in [2.75, 3.05) is 23.9 Å². The number of thioether (sulfide) groups is 1. The second-order valence-electron chi connectivity index (χ2n) is 4.41. The van der Waals surface area contributed by atoms with Gasteiger partial charge in [0.25, 0.3) is 0 Å². The van der Waals surface area contributed by atoms with E-state index in [2.05, 4.69) is 16.7 Å². The maximum absolute atomic E-state index is 6.04. The Morgan fingerprint density at radius 2 is 2.00 bits per heavy atom. The first kappa shape index (κ1) is 11.1. The number of hydrogen-bond donors (Lipinski definition) is 0. The van der Waals surface area contributed by atoms with E-state index in [9.17, 15) is 0 Å². The van der Waals surface area contributed by atoms with Crippen LogP contribution in [-0.4, -0.2) is 40.9 Å². The van der Waals surface area contributed by atoms with E-state index in [0.29, 0.717) is 6.04 Å². The van der Waals surface area contributed by atoms with E-state index in [4.69, 9.17) is 11.6 Å². The zero-order valence-electron chi connectivity index (χ0n) is 8.75. The second kappa shape index (κ2) is 5.62. The maximum atomic E-state index is 6.04. The number of nitrogens with zero attached hydrogens (tertiary/aromatic N) is 1. The lowest BCUT2D eigenvalue weighted by Crippen LogP contribution is -2.49. The average molecular weight is 234 g/mol. The lowest BCUT2D eigenvalue weighted by atomic mass is 9.93. The molecule has 0 amide bonds. The molecule has 1 nitrogen and oxygen atoms in total. The van der Waals surface area contributed by atoms with Crippen molar-refractivity contribution in [3.8, 4) is 0 Å². The predicted molar refractivity (Wildman–Crippen MR) is 65.4 cm³/mol. The van der Waals surface area contributed by atoms with Gasteiger partial charge in [-0.1, -0.05) is 19.3 Å². The largest absolute Gasteiger partial charge is 0.295 e. The molecule has 1 heterocycles. The molecule has 1 saturated carbocycles. The van der Waals surface area contributed by atoms with Crippen molar-refractivity contribution in [1.29, 1.82) is 0 Å². The summed E-state index contributed by atoms with van der Waals surface area (Å²) in [5.74, 6) is 3.38. The summed E-state index contributed by atoms with van der Waals surface area (Å²) >= 11 is 8.11.